The van der Waals surface area contributed by atoms with E-state index in [-0.39, 0.29) is 36.6 Å². The van der Waals surface area contributed by atoms with Gasteiger partial charge in [-0.2, -0.15) is 0 Å². The summed E-state index contributed by atoms with van der Waals surface area (Å²) >= 11 is 6.00. The Morgan fingerprint density at radius 2 is 2.29 bits per heavy atom. The normalized spacial score (nSPS) is 22.4. The van der Waals surface area contributed by atoms with Gasteiger partial charge >= 0.3 is 0 Å². The summed E-state index contributed by atoms with van der Waals surface area (Å²) in [6, 6.07) is 7.53. The van der Waals surface area contributed by atoms with Crippen LogP contribution in [0.5, 0.6) is 0 Å². The molecule has 0 spiro atoms. The fourth-order valence-corrected chi connectivity index (χ4v) is 2.68. The quantitative estimate of drug-likeness (QED) is 0.871. The molecule has 4 nitrogen and oxygen atoms in total. The standard InChI is InChI=1S/C15H21ClN2O2.ClH/c1-2-13(10-4-3-5-11(16)8-10)18-15(19)14-7-6-12(9-17)20-14;/h3-5,8,12-14H,2,6-7,9,17H2,1H3,(H,18,19);1H/t12-,13?,14+;/m1./s1. The molecule has 0 aromatic heterocycles. The van der Waals surface area contributed by atoms with E-state index in [4.69, 9.17) is 22.1 Å². The van der Waals surface area contributed by atoms with Gasteiger partial charge in [0, 0.05) is 11.6 Å². The lowest BCUT2D eigenvalue weighted by atomic mass is 10.0. The highest BCUT2D eigenvalue weighted by Crippen LogP contribution is 2.23. The average Bonchev–Trinajstić information content (AvgIpc) is 2.93. The van der Waals surface area contributed by atoms with Gasteiger partial charge in [0.15, 0.2) is 0 Å². The molecule has 0 bridgehead atoms. The van der Waals surface area contributed by atoms with Crippen LogP contribution in [0, 0.1) is 0 Å². The number of hydrogen-bond acceptors (Lipinski definition) is 3. The van der Waals surface area contributed by atoms with E-state index >= 15 is 0 Å². The van der Waals surface area contributed by atoms with Crippen LogP contribution in [0.15, 0.2) is 24.3 Å². The number of nitrogens with one attached hydrogen (secondary N) is 1. The molecule has 21 heavy (non-hydrogen) atoms. The number of halogens is 2. The molecule has 6 heteroatoms. The van der Waals surface area contributed by atoms with E-state index in [9.17, 15) is 4.79 Å². The van der Waals surface area contributed by atoms with Gasteiger partial charge in [-0.05, 0) is 37.0 Å². The minimum Gasteiger partial charge on any atom is -0.364 e. The Morgan fingerprint density at radius 1 is 1.52 bits per heavy atom. The summed E-state index contributed by atoms with van der Waals surface area (Å²) in [7, 11) is 0. The van der Waals surface area contributed by atoms with Gasteiger partial charge in [-0.25, -0.2) is 0 Å². The van der Waals surface area contributed by atoms with Gasteiger partial charge in [0.25, 0.3) is 0 Å². The third-order valence-electron chi connectivity index (χ3n) is 3.64. The molecule has 1 aromatic rings. The second-order valence-corrected chi connectivity index (χ2v) is 5.52. The molecule has 1 amide bonds. The van der Waals surface area contributed by atoms with E-state index in [1.54, 1.807) is 0 Å². The molecular weight excluding hydrogens is 311 g/mol. The van der Waals surface area contributed by atoms with Crippen LogP contribution >= 0.6 is 24.0 Å². The van der Waals surface area contributed by atoms with Gasteiger partial charge in [-0.15, -0.1) is 12.4 Å². The van der Waals surface area contributed by atoms with Crippen molar-refractivity contribution in [2.45, 2.75) is 44.4 Å². The molecule has 118 valence electrons. The maximum atomic E-state index is 12.2. The number of hydrogen-bond donors (Lipinski definition) is 2. The van der Waals surface area contributed by atoms with Crippen molar-refractivity contribution in [2.24, 2.45) is 5.73 Å². The van der Waals surface area contributed by atoms with Crippen LogP contribution in [0.4, 0.5) is 0 Å². The predicted octanol–water partition coefficient (Wildman–Crippen LogP) is 2.84. The van der Waals surface area contributed by atoms with E-state index in [0.29, 0.717) is 11.6 Å². The van der Waals surface area contributed by atoms with Crippen molar-refractivity contribution in [1.82, 2.24) is 5.32 Å². The molecule has 3 N–H and O–H groups in total. The van der Waals surface area contributed by atoms with Crippen LogP contribution in [-0.2, 0) is 9.53 Å². The van der Waals surface area contributed by atoms with Crippen molar-refractivity contribution in [3.05, 3.63) is 34.9 Å². The zero-order valence-corrected chi connectivity index (χ0v) is 13.6. The largest absolute Gasteiger partial charge is 0.364 e. The molecule has 0 saturated carbocycles. The number of carbonyl (C=O) groups excluding carboxylic acids is 1. The number of ether oxygens (including phenoxy) is 1. The first-order valence-electron chi connectivity index (χ1n) is 7.05. The van der Waals surface area contributed by atoms with E-state index in [0.717, 1.165) is 24.8 Å². The second kappa shape index (κ2) is 8.59. The maximum Gasteiger partial charge on any atom is 0.249 e. The Bertz CT molecular complexity index is 471. The first-order chi connectivity index (χ1) is 9.63. The van der Waals surface area contributed by atoms with Crippen LogP contribution in [-0.4, -0.2) is 24.7 Å². The van der Waals surface area contributed by atoms with E-state index in [1.165, 1.54) is 0 Å². The SMILES string of the molecule is CCC(NC(=O)[C@@H]1CC[C@H](CN)O1)c1cccc(Cl)c1.Cl. The van der Waals surface area contributed by atoms with E-state index in [2.05, 4.69) is 5.32 Å². The fourth-order valence-electron chi connectivity index (χ4n) is 2.48. The molecule has 1 heterocycles. The number of rotatable bonds is 5. The molecule has 1 aliphatic rings. The van der Waals surface area contributed by atoms with E-state index in [1.807, 2.05) is 31.2 Å². The highest BCUT2D eigenvalue weighted by atomic mass is 35.5. The molecule has 0 aliphatic carbocycles. The van der Waals surface area contributed by atoms with Crippen LogP contribution in [0.2, 0.25) is 5.02 Å². The van der Waals surface area contributed by atoms with E-state index < -0.39 is 0 Å². The Labute approximate surface area is 136 Å². The van der Waals surface area contributed by atoms with Gasteiger partial charge in [0.1, 0.15) is 6.10 Å². The minimum atomic E-state index is -0.378. The average molecular weight is 333 g/mol. The molecule has 1 saturated heterocycles. The summed E-state index contributed by atoms with van der Waals surface area (Å²) in [5, 5.41) is 3.71. The first-order valence-corrected chi connectivity index (χ1v) is 7.43. The monoisotopic (exact) mass is 332 g/mol. The lowest BCUT2D eigenvalue weighted by molar-refractivity contribution is -0.132. The Balaban J connectivity index is 0.00000220. The first kappa shape index (κ1) is 18.2. The molecule has 1 aliphatic heterocycles. The fraction of sp³-hybridized carbons (Fsp3) is 0.533. The zero-order valence-electron chi connectivity index (χ0n) is 12.0. The molecule has 0 radical (unpaired) electrons. The van der Waals surface area contributed by atoms with Gasteiger partial charge in [-0.1, -0.05) is 30.7 Å². The number of nitrogens with two attached hydrogens (primary N) is 1. The zero-order chi connectivity index (χ0) is 14.5. The van der Waals surface area contributed by atoms with Crippen molar-refractivity contribution in [2.75, 3.05) is 6.54 Å². The lowest BCUT2D eigenvalue weighted by Gasteiger charge is -2.20. The lowest BCUT2D eigenvalue weighted by Crippen LogP contribution is -2.37. The number of carbonyl (C=O) groups is 1. The van der Waals surface area contributed by atoms with Crippen molar-refractivity contribution < 1.29 is 9.53 Å². The summed E-state index contributed by atoms with van der Waals surface area (Å²) in [4.78, 5) is 12.2. The van der Waals surface area contributed by atoms with Crippen LogP contribution in [0.3, 0.4) is 0 Å². The highest BCUT2D eigenvalue weighted by molar-refractivity contribution is 6.30. The van der Waals surface area contributed by atoms with Gasteiger partial charge < -0.3 is 15.8 Å². The van der Waals surface area contributed by atoms with Crippen molar-refractivity contribution in [3.8, 4) is 0 Å². The van der Waals surface area contributed by atoms with Gasteiger partial charge in [0.05, 0.1) is 12.1 Å². The molecule has 1 aromatic carbocycles. The van der Waals surface area contributed by atoms with Crippen LogP contribution in [0.25, 0.3) is 0 Å². The Hall–Kier alpha value is -0.810. The topological polar surface area (TPSA) is 64.4 Å². The van der Waals surface area contributed by atoms with Gasteiger partial charge in [-0.3, -0.25) is 4.79 Å². The summed E-state index contributed by atoms with van der Waals surface area (Å²) in [5.74, 6) is -0.0622. The molecule has 1 fully saturated rings. The summed E-state index contributed by atoms with van der Waals surface area (Å²) in [5.41, 5.74) is 6.58. The van der Waals surface area contributed by atoms with Crippen LogP contribution in [0.1, 0.15) is 37.8 Å². The summed E-state index contributed by atoms with van der Waals surface area (Å²) in [6.07, 6.45) is 2.02. The van der Waals surface area contributed by atoms with Crippen molar-refractivity contribution in [3.63, 3.8) is 0 Å². The maximum absolute atomic E-state index is 12.2. The van der Waals surface area contributed by atoms with Gasteiger partial charge in [0.2, 0.25) is 5.91 Å². The number of amides is 1. The summed E-state index contributed by atoms with van der Waals surface area (Å²) < 4.78 is 5.61. The molecule has 2 rings (SSSR count). The predicted molar refractivity (Wildman–Crippen MR) is 86.8 cm³/mol. The Morgan fingerprint density at radius 3 is 2.86 bits per heavy atom. The number of benzene rings is 1. The highest BCUT2D eigenvalue weighted by Gasteiger charge is 2.30. The third-order valence-corrected chi connectivity index (χ3v) is 3.87. The second-order valence-electron chi connectivity index (χ2n) is 5.08. The minimum absolute atomic E-state index is 0. The molecular formula is C15H22Cl2N2O2. The molecule has 3 atom stereocenters. The smallest absolute Gasteiger partial charge is 0.249 e. The van der Waals surface area contributed by atoms with Crippen LogP contribution < -0.4 is 11.1 Å². The van der Waals surface area contributed by atoms with Crippen molar-refractivity contribution >= 4 is 29.9 Å². The van der Waals surface area contributed by atoms with Crippen molar-refractivity contribution in [1.29, 1.82) is 0 Å². The Kier molecular flexibility index (Phi) is 7.46. The third kappa shape index (κ3) is 4.85. The summed E-state index contributed by atoms with van der Waals surface area (Å²) in [6.45, 7) is 2.50. The molecule has 1 unspecified atom stereocenters.